The molecule has 166 valence electrons. The minimum atomic E-state index is -0.977. The molecule has 0 bridgehead atoms. The van der Waals surface area contributed by atoms with E-state index >= 15 is 0 Å². The van der Waals surface area contributed by atoms with Gasteiger partial charge in [-0.15, -0.1) is 0 Å². The number of anilines is 1. The number of nitrogens with zero attached hydrogens (tertiary/aromatic N) is 1. The molecule has 0 aliphatic carbocycles. The molecule has 1 heterocycles. The van der Waals surface area contributed by atoms with E-state index in [1.54, 1.807) is 62.6 Å². The Morgan fingerprint density at radius 1 is 1.00 bits per heavy atom. The van der Waals surface area contributed by atoms with Crippen LogP contribution in [-0.4, -0.2) is 16.8 Å². The molecule has 0 spiro atoms. The van der Waals surface area contributed by atoms with Crippen molar-refractivity contribution in [3.8, 4) is 0 Å². The van der Waals surface area contributed by atoms with Gasteiger partial charge in [0, 0.05) is 36.1 Å². The average molecular weight is 438 g/mol. The molecule has 0 saturated carbocycles. The highest BCUT2D eigenvalue weighted by molar-refractivity contribution is 6.04. The molecule has 0 radical (unpaired) electrons. The van der Waals surface area contributed by atoms with Crippen molar-refractivity contribution in [2.45, 2.75) is 31.8 Å². The predicted molar refractivity (Wildman–Crippen MR) is 118 cm³/mol. The molecule has 8 heteroatoms. The third kappa shape index (κ3) is 5.73. The molecule has 4 N–H and O–H groups in total. The minimum Gasteiger partial charge on any atom is -0.347 e. The fraction of sp³-hybridized carbons (Fsp3) is 0.208. The van der Waals surface area contributed by atoms with E-state index in [-0.39, 0.29) is 18.2 Å². The first-order chi connectivity index (χ1) is 15.2. The maximum Gasteiger partial charge on any atom is 0.255 e. The molecule has 1 atom stereocenters. The van der Waals surface area contributed by atoms with Crippen molar-refractivity contribution < 1.29 is 18.4 Å². The number of hydrogen-bond acceptors (Lipinski definition) is 4. The van der Waals surface area contributed by atoms with Crippen LogP contribution < -0.4 is 16.4 Å². The summed E-state index contributed by atoms with van der Waals surface area (Å²) in [6, 6.07) is 12.9. The van der Waals surface area contributed by atoms with E-state index in [2.05, 4.69) is 15.6 Å². The summed E-state index contributed by atoms with van der Waals surface area (Å²) in [4.78, 5) is 28.7. The molecule has 6 nitrogen and oxygen atoms in total. The van der Waals surface area contributed by atoms with Crippen LogP contribution in [-0.2, 0) is 10.3 Å². The zero-order chi connectivity index (χ0) is 23.3. The number of hydrogen-bond donors (Lipinski definition) is 3. The van der Waals surface area contributed by atoms with Gasteiger partial charge in [0.15, 0.2) is 11.6 Å². The Kier molecular flexibility index (Phi) is 6.95. The van der Waals surface area contributed by atoms with Gasteiger partial charge in [0.25, 0.3) is 5.91 Å². The van der Waals surface area contributed by atoms with E-state index in [4.69, 9.17) is 5.73 Å². The summed E-state index contributed by atoms with van der Waals surface area (Å²) in [6.07, 6.45) is 3.14. The van der Waals surface area contributed by atoms with Gasteiger partial charge < -0.3 is 16.4 Å². The monoisotopic (exact) mass is 438 g/mol. The molecule has 0 fully saturated rings. The van der Waals surface area contributed by atoms with Crippen LogP contribution in [0.4, 0.5) is 14.5 Å². The van der Waals surface area contributed by atoms with E-state index in [1.165, 1.54) is 6.07 Å². The number of carbonyl (C=O) groups excluding carboxylic acids is 2. The molecule has 2 aromatic carbocycles. The zero-order valence-electron chi connectivity index (χ0n) is 17.7. The van der Waals surface area contributed by atoms with E-state index in [0.29, 0.717) is 22.4 Å². The quantitative estimate of drug-likeness (QED) is 0.518. The molecular formula is C24H24F2N4O2. The van der Waals surface area contributed by atoms with Gasteiger partial charge in [-0.05, 0) is 61.4 Å². The zero-order valence-corrected chi connectivity index (χ0v) is 17.7. The first-order valence-electron chi connectivity index (χ1n) is 9.99. The van der Waals surface area contributed by atoms with Gasteiger partial charge in [0.2, 0.25) is 5.91 Å². The van der Waals surface area contributed by atoms with Crippen LogP contribution in [0.3, 0.4) is 0 Å². The van der Waals surface area contributed by atoms with Gasteiger partial charge in [0.1, 0.15) is 0 Å². The van der Waals surface area contributed by atoms with Gasteiger partial charge >= 0.3 is 0 Å². The summed E-state index contributed by atoms with van der Waals surface area (Å²) in [6.45, 7) is 3.39. The number of pyridine rings is 1. The Bertz CT molecular complexity index is 1100. The van der Waals surface area contributed by atoms with Crippen molar-refractivity contribution >= 4 is 17.5 Å². The molecule has 0 aliphatic heterocycles. The molecule has 2 amide bonds. The number of halogens is 2. The Labute approximate surface area is 184 Å². The largest absolute Gasteiger partial charge is 0.347 e. The Balaban J connectivity index is 1.60. The van der Waals surface area contributed by atoms with Crippen molar-refractivity contribution in [3.63, 3.8) is 0 Å². The van der Waals surface area contributed by atoms with E-state index in [1.807, 2.05) is 0 Å². The van der Waals surface area contributed by atoms with Gasteiger partial charge in [-0.3, -0.25) is 14.6 Å². The Morgan fingerprint density at radius 3 is 2.28 bits per heavy atom. The SMILES string of the molecule is CC(C)(NC(=O)CC(N)c1ccc(C(=O)Nc2ccncc2)cc1)c1ccc(F)c(F)c1. The highest BCUT2D eigenvalue weighted by Gasteiger charge is 2.25. The fourth-order valence-electron chi connectivity index (χ4n) is 3.19. The second-order valence-corrected chi connectivity index (χ2v) is 7.92. The van der Waals surface area contributed by atoms with Crippen LogP contribution >= 0.6 is 0 Å². The summed E-state index contributed by atoms with van der Waals surface area (Å²) in [5, 5.41) is 5.56. The highest BCUT2D eigenvalue weighted by Crippen LogP contribution is 2.23. The highest BCUT2D eigenvalue weighted by atomic mass is 19.2. The number of nitrogens with one attached hydrogen (secondary N) is 2. The number of aromatic nitrogens is 1. The lowest BCUT2D eigenvalue weighted by molar-refractivity contribution is -0.123. The topological polar surface area (TPSA) is 97.1 Å². The van der Waals surface area contributed by atoms with E-state index in [9.17, 15) is 18.4 Å². The summed E-state index contributed by atoms with van der Waals surface area (Å²) in [7, 11) is 0. The number of amides is 2. The second kappa shape index (κ2) is 9.65. The van der Waals surface area contributed by atoms with Gasteiger partial charge in [-0.2, -0.15) is 0 Å². The first kappa shape index (κ1) is 23.0. The summed E-state index contributed by atoms with van der Waals surface area (Å²) >= 11 is 0. The van der Waals surface area contributed by atoms with E-state index in [0.717, 1.165) is 12.1 Å². The van der Waals surface area contributed by atoms with Gasteiger partial charge in [-0.1, -0.05) is 18.2 Å². The maximum atomic E-state index is 13.6. The lowest BCUT2D eigenvalue weighted by Gasteiger charge is -2.28. The van der Waals surface area contributed by atoms with Crippen LogP contribution in [0.2, 0.25) is 0 Å². The predicted octanol–water partition coefficient (Wildman–Crippen LogP) is 4.05. The lowest BCUT2D eigenvalue weighted by atomic mass is 9.93. The van der Waals surface area contributed by atoms with Crippen molar-refractivity contribution in [1.29, 1.82) is 0 Å². The van der Waals surface area contributed by atoms with Crippen LogP contribution in [0.25, 0.3) is 0 Å². The number of carbonyl (C=O) groups is 2. The third-order valence-electron chi connectivity index (χ3n) is 5.04. The van der Waals surface area contributed by atoms with Crippen LogP contribution in [0.15, 0.2) is 67.0 Å². The molecule has 1 aromatic heterocycles. The maximum absolute atomic E-state index is 13.6. The van der Waals surface area contributed by atoms with Crippen LogP contribution in [0.5, 0.6) is 0 Å². The summed E-state index contributed by atoms with van der Waals surface area (Å²) in [5.74, 6) is -2.54. The van der Waals surface area contributed by atoms with Crippen molar-refractivity contribution in [2.75, 3.05) is 5.32 Å². The Hall–Kier alpha value is -3.65. The average Bonchev–Trinajstić information content (AvgIpc) is 2.76. The van der Waals surface area contributed by atoms with Crippen molar-refractivity contribution in [1.82, 2.24) is 10.3 Å². The number of rotatable bonds is 7. The smallest absolute Gasteiger partial charge is 0.255 e. The lowest BCUT2D eigenvalue weighted by Crippen LogP contribution is -2.42. The molecule has 3 aromatic rings. The van der Waals surface area contributed by atoms with Gasteiger partial charge in [0.05, 0.1) is 5.54 Å². The molecule has 0 aliphatic rings. The van der Waals surface area contributed by atoms with Crippen LogP contribution in [0, 0.1) is 11.6 Å². The second-order valence-electron chi connectivity index (χ2n) is 7.92. The fourth-order valence-corrected chi connectivity index (χ4v) is 3.19. The summed E-state index contributed by atoms with van der Waals surface area (Å²) < 4.78 is 26.7. The number of benzene rings is 2. The van der Waals surface area contributed by atoms with Crippen molar-refractivity contribution in [3.05, 3.63) is 95.3 Å². The molecule has 32 heavy (non-hydrogen) atoms. The van der Waals surface area contributed by atoms with Gasteiger partial charge in [-0.25, -0.2) is 8.78 Å². The van der Waals surface area contributed by atoms with Crippen molar-refractivity contribution in [2.24, 2.45) is 5.73 Å². The standard InChI is InChI=1S/C24H24F2N4O2/c1-24(2,17-7-8-19(25)20(26)13-17)30-22(31)14-21(27)15-3-5-16(6-4-15)23(32)29-18-9-11-28-12-10-18/h3-13,21H,14,27H2,1-2H3,(H,30,31)(H,28,29,32). The normalized spacial score (nSPS) is 12.2. The molecular weight excluding hydrogens is 414 g/mol. The molecule has 0 saturated heterocycles. The molecule has 1 unspecified atom stereocenters. The van der Waals surface area contributed by atoms with E-state index < -0.39 is 23.2 Å². The Morgan fingerprint density at radius 2 is 1.66 bits per heavy atom. The number of nitrogens with two attached hydrogens (primary N) is 1. The summed E-state index contributed by atoms with van der Waals surface area (Å²) in [5.41, 5.74) is 7.45. The van der Waals surface area contributed by atoms with Crippen LogP contribution in [0.1, 0.15) is 47.8 Å². The third-order valence-corrected chi connectivity index (χ3v) is 5.04. The first-order valence-corrected chi connectivity index (χ1v) is 9.99. The molecule has 3 rings (SSSR count). The minimum absolute atomic E-state index is 0.0182.